The average molecular weight is 395 g/mol. The van der Waals surface area contributed by atoms with Crippen molar-refractivity contribution in [3.05, 3.63) is 68.9 Å². The van der Waals surface area contributed by atoms with E-state index in [4.69, 9.17) is 0 Å². The molecule has 8 nitrogen and oxygen atoms in total. The van der Waals surface area contributed by atoms with Crippen LogP contribution in [0.1, 0.15) is 19.4 Å². The highest BCUT2D eigenvalue weighted by Gasteiger charge is 2.15. The van der Waals surface area contributed by atoms with Crippen LogP contribution < -0.4 is 16.7 Å². The van der Waals surface area contributed by atoms with E-state index >= 15 is 0 Å². The van der Waals surface area contributed by atoms with Crippen molar-refractivity contribution in [1.29, 1.82) is 0 Å². The Labute approximate surface area is 168 Å². The van der Waals surface area contributed by atoms with E-state index in [0.29, 0.717) is 12.2 Å². The van der Waals surface area contributed by atoms with E-state index in [1.165, 1.54) is 6.21 Å². The zero-order valence-corrected chi connectivity index (χ0v) is 16.6. The van der Waals surface area contributed by atoms with Gasteiger partial charge < -0.3 is 15.4 Å². The minimum Gasteiger partial charge on any atom is -0.493 e. The van der Waals surface area contributed by atoms with Crippen LogP contribution in [0.2, 0.25) is 0 Å². The van der Waals surface area contributed by atoms with Crippen molar-refractivity contribution >= 4 is 17.0 Å². The van der Waals surface area contributed by atoms with Gasteiger partial charge in [-0.05, 0) is 24.5 Å². The minimum absolute atomic E-state index is 0.0899. The second kappa shape index (κ2) is 9.20. The summed E-state index contributed by atoms with van der Waals surface area (Å²) in [5, 5.41) is 16.4. The summed E-state index contributed by atoms with van der Waals surface area (Å²) in [5.41, 5.74) is 1.85. The predicted octanol–water partition coefficient (Wildman–Crippen LogP) is 1.65. The minimum atomic E-state index is -0.713. The molecule has 0 spiro atoms. The van der Waals surface area contributed by atoms with Crippen LogP contribution >= 0.6 is 0 Å². The van der Waals surface area contributed by atoms with Gasteiger partial charge >= 0.3 is 5.69 Å². The fraction of sp³-hybridized carbons (Fsp3) is 0.286. The number of aromatic amines is 1. The van der Waals surface area contributed by atoms with Crippen molar-refractivity contribution in [2.75, 3.05) is 26.2 Å². The molecule has 3 rings (SSSR count). The first-order chi connectivity index (χ1) is 14.1. The molecule has 0 amide bonds. The number of nitrogens with one attached hydrogen (secondary N) is 2. The first-order valence-corrected chi connectivity index (χ1v) is 9.61. The molecule has 0 bridgehead atoms. The number of H-pyrrole nitrogens is 1. The summed E-state index contributed by atoms with van der Waals surface area (Å²) in [6, 6.07) is 12.9. The standard InChI is InChI=1S/C21H25N5O3/c1-3-25(4-2)13-12-22-23-14-17-19(27)24-21(29)26(20(17)28)18-11-7-9-15-8-5-6-10-16(15)18/h5-11,14,22,28H,3-4,12-13H2,1-2H3,(H,24,27,29). The number of hydrogen-bond acceptors (Lipinski definition) is 6. The number of likely N-dealkylation sites (N-methyl/N-ethyl adjacent to an activating group) is 1. The Balaban J connectivity index is 1.94. The number of hydrogen-bond donors (Lipinski definition) is 3. The molecule has 8 heteroatoms. The third-order valence-electron chi connectivity index (χ3n) is 4.85. The third kappa shape index (κ3) is 4.38. The van der Waals surface area contributed by atoms with E-state index < -0.39 is 17.1 Å². The molecule has 0 radical (unpaired) electrons. The van der Waals surface area contributed by atoms with Gasteiger partial charge in [0, 0.05) is 18.5 Å². The molecule has 0 unspecified atom stereocenters. The van der Waals surface area contributed by atoms with Crippen molar-refractivity contribution in [2.45, 2.75) is 13.8 Å². The molecule has 0 aliphatic carbocycles. The highest BCUT2D eigenvalue weighted by Crippen LogP contribution is 2.24. The van der Waals surface area contributed by atoms with Gasteiger partial charge in [0.1, 0.15) is 5.56 Å². The van der Waals surface area contributed by atoms with Crippen LogP contribution in [0.25, 0.3) is 16.5 Å². The zero-order chi connectivity index (χ0) is 20.8. The number of aromatic nitrogens is 2. The van der Waals surface area contributed by atoms with Gasteiger partial charge in [-0.1, -0.05) is 50.2 Å². The van der Waals surface area contributed by atoms with Crippen LogP contribution in [0.3, 0.4) is 0 Å². The molecule has 152 valence electrons. The fourth-order valence-electron chi connectivity index (χ4n) is 3.20. The Kier molecular flexibility index (Phi) is 6.46. The van der Waals surface area contributed by atoms with Crippen LogP contribution in [0, 0.1) is 0 Å². The molecule has 1 heterocycles. The van der Waals surface area contributed by atoms with Crippen molar-refractivity contribution in [1.82, 2.24) is 19.9 Å². The first-order valence-electron chi connectivity index (χ1n) is 9.61. The number of hydrazone groups is 1. The lowest BCUT2D eigenvalue weighted by molar-refractivity contribution is 0.303. The molecule has 0 atom stereocenters. The van der Waals surface area contributed by atoms with Crippen molar-refractivity contribution in [2.24, 2.45) is 5.10 Å². The second-order valence-electron chi connectivity index (χ2n) is 6.52. The summed E-state index contributed by atoms with van der Waals surface area (Å²) in [7, 11) is 0. The molecule has 0 fully saturated rings. The van der Waals surface area contributed by atoms with Gasteiger partial charge in [-0.3, -0.25) is 9.78 Å². The zero-order valence-electron chi connectivity index (χ0n) is 16.6. The maximum absolute atomic E-state index is 12.5. The highest BCUT2D eigenvalue weighted by molar-refractivity contribution is 5.91. The van der Waals surface area contributed by atoms with Gasteiger partial charge in [0.05, 0.1) is 11.9 Å². The fourth-order valence-corrected chi connectivity index (χ4v) is 3.20. The Hall–Kier alpha value is -3.39. The number of aromatic hydroxyl groups is 1. The van der Waals surface area contributed by atoms with Gasteiger partial charge in [-0.25, -0.2) is 9.36 Å². The Morgan fingerprint density at radius 3 is 2.62 bits per heavy atom. The molecule has 0 saturated carbocycles. The van der Waals surface area contributed by atoms with E-state index in [-0.39, 0.29) is 5.56 Å². The Bertz CT molecular complexity index is 1120. The molecule has 1 aromatic heterocycles. The number of benzene rings is 2. The van der Waals surface area contributed by atoms with E-state index in [1.807, 2.05) is 30.3 Å². The molecule has 0 aliphatic rings. The van der Waals surface area contributed by atoms with Crippen LogP contribution in [-0.2, 0) is 0 Å². The highest BCUT2D eigenvalue weighted by atomic mass is 16.3. The predicted molar refractivity (Wildman–Crippen MR) is 115 cm³/mol. The second-order valence-corrected chi connectivity index (χ2v) is 6.52. The lowest BCUT2D eigenvalue weighted by Gasteiger charge is -2.17. The van der Waals surface area contributed by atoms with E-state index in [0.717, 1.165) is 35.0 Å². The van der Waals surface area contributed by atoms with Crippen LogP contribution in [0.4, 0.5) is 0 Å². The lowest BCUT2D eigenvalue weighted by Crippen LogP contribution is -2.32. The number of nitrogens with zero attached hydrogens (tertiary/aromatic N) is 3. The smallest absolute Gasteiger partial charge is 0.335 e. The van der Waals surface area contributed by atoms with Crippen LogP contribution in [-0.4, -0.2) is 52.0 Å². The summed E-state index contributed by atoms with van der Waals surface area (Å²) in [4.78, 5) is 29.2. The topological polar surface area (TPSA) is 103 Å². The summed E-state index contributed by atoms with van der Waals surface area (Å²) in [6.07, 6.45) is 1.23. The summed E-state index contributed by atoms with van der Waals surface area (Å²) in [6.45, 7) is 7.46. The largest absolute Gasteiger partial charge is 0.493 e. The molecule has 29 heavy (non-hydrogen) atoms. The summed E-state index contributed by atoms with van der Waals surface area (Å²) < 4.78 is 1.08. The van der Waals surface area contributed by atoms with E-state index in [2.05, 4.69) is 34.3 Å². The molecule has 3 N–H and O–H groups in total. The summed E-state index contributed by atoms with van der Waals surface area (Å²) in [5.74, 6) is -0.454. The number of fused-ring (bicyclic) bond motifs is 1. The first kappa shape index (κ1) is 20.3. The van der Waals surface area contributed by atoms with Crippen molar-refractivity contribution < 1.29 is 5.11 Å². The van der Waals surface area contributed by atoms with Crippen molar-refractivity contribution in [3.63, 3.8) is 0 Å². The van der Waals surface area contributed by atoms with Gasteiger partial charge in [0.25, 0.3) is 5.56 Å². The van der Waals surface area contributed by atoms with Gasteiger partial charge in [0.2, 0.25) is 5.88 Å². The monoisotopic (exact) mass is 395 g/mol. The lowest BCUT2D eigenvalue weighted by atomic mass is 10.1. The molecule has 0 aliphatic heterocycles. The van der Waals surface area contributed by atoms with E-state index in [9.17, 15) is 14.7 Å². The van der Waals surface area contributed by atoms with Gasteiger partial charge in [-0.2, -0.15) is 5.10 Å². The Morgan fingerprint density at radius 1 is 1.14 bits per heavy atom. The van der Waals surface area contributed by atoms with Gasteiger partial charge in [0.15, 0.2) is 0 Å². The maximum atomic E-state index is 12.5. The molecular weight excluding hydrogens is 370 g/mol. The normalized spacial score (nSPS) is 11.6. The quantitative estimate of drug-likeness (QED) is 0.306. The number of rotatable bonds is 8. The van der Waals surface area contributed by atoms with Crippen LogP contribution in [0.15, 0.2) is 57.2 Å². The van der Waals surface area contributed by atoms with Gasteiger partial charge in [-0.15, -0.1) is 0 Å². The van der Waals surface area contributed by atoms with Crippen molar-refractivity contribution in [3.8, 4) is 11.6 Å². The molecular formula is C21H25N5O3. The molecule has 0 saturated heterocycles. The summed E-state index contributed by atoms with van der Waals surface area (Å²) >= 11 is 0. The third-order valence-corrected chi connectivity index (χ3v) is 4.85. The van der Waals surface area contributed by atoms with E-state index in [1.54, 1.807) is 12.1 Å². The SMILES string of the molecule is CCN(CC)CCNN=Cc1c(O)n(-c2cccc3ccccc23)c(=O)[nH]c1=O. The molecule has 2 aromatic carbocycles. The van der Waals surface area contributed by atoms with Crippen LogP contribution in [0.5, 0.6) is 5.88 Å². The Morgan fingerprint density at radius 2 is 1.86 bits per heavy atom. The molecule has 3 aromatic rings. The maximum Gasteiger partial charge on any atom is 0.335 e. The average Bonchev–Trinajstić information content (AvgIpc) is 2.72.